The molecule has 1 aliphatic rings. The molecule has 4 heteroatoms. The summed E-state index contributed by atoms with van der Waals surface area (Å²) in [6.45, 7) is 0. The highest BCUT2D eigenvalue weighted by molar-refractivity contribution is 14.2. The Labute approximate surface area is 90.6 Å². The van der Waals surface area contributed by atoms with Crippen molar-refractivity contribution in [1.29, 1.82) is 0 Å². The summed E-state index contributed by atoms with van der Waals surface area (Å²) in [5, 5.41) is -2.41. The van der Waals surface area contributed by atoms with E-state index < -0.39 is 5.01 Å². The summed E-state index contributed by atoms with van der Waals surface area (Å²) in [7, 11) is 0. The van der Waals surface area contributed by atoms with Gasteiger partial charge in [-0.1, -0.05) is 18.2 Å². The predicted molar refractivity (Wildman–Crippen MR) is 61.7 cm³/mol. The predicted octanol–water partition coefficient (Wildman–Crippen LogP) is 3.86. The lowest BCUT2D eigenvalue weighted by Gasteiger charge is -2.11. The molecular weight excluding hydrogens is 298 g/mol. The highest BCUT2D eigenvalue weighted by Crippen LogP contribution is 2.67. The summed E-state index contributed by atoms with van der Waals surface area (Å²) in [5.41, 5.74) is 0.299. The number of hydrogen-bond donors (Lipinski definition) is 0. The van der Waals surface area contributed by atoms with Gasteiger partial charge in [0.15, 0.2) is 0 Å². The topological polar surface area (TPSA) is 26.3 Å². The van der Waals surface area contributed by atoms with Crippen LogP contribution in [0.2, 0.25) is 0 Å². The van der Waals surface area contributed by atoms with Crippen molar-refractivity contribution in [2.75, 3.05) is 0 Å². The number of para-hydroxylation sites is 1. The minimum absolute atomic E-state index is 0.299. The standard InChI is InChI=1S/C9H10IO2P/c10-13(11,9-6-7-9)12-8-4-2-1-3-5-8/h1-5,9H,6-7H2/t13-/m1/s1. The molecule has 0 amide bonds. The number of hydrogen-bond acceptors (Lipinski definition) is 2. The lowest BCUT2D eigenvalue weighted by Crippen LogP contribution is -1.90. The van der Waals surface area contributed by atoms with Crippen molar-refractivity contribution < 1.29 is 9.09 Å². The Morgan fingerprint density at radius 1 is 1.31 bits per heavy atom. The Bertz CT molecular complexity index is 335. The van der Waals surface area contributed by atoms with Crippen LogP contribution in [-0.2, 0) is 4.57 Å². The van der Waals surface area contributed by atoms with Crippen LogP contribution in [0.25, 0.3) is 0 Å². The third-order valence-electron chi connectivity index (χ3n) is 1.96. The van der Waals surface area contributed by atoms with E-state index in [0.29, 0.717) is 11.4 Å². The first-order chi connectivity index (χ1) is 6.18. The van der Waals surface area contributed by atoms with E-state index in [0.717, 1.165) is 12.8 Å². The Kier molecular flexibility index (Phi) is 2.65. The molecule has 2 nitrogen and oxygen atoms in total. The Balaban J connectivity index is 2.09. The van der Waals surface area contributed by atoms with E-state index in [4.69, 9.17) is 4.52 Å². The monoisotopic (exact) mass is 308 g/mol. The molecule has 1 atom stereocenters. The zero-order chi connectivity index (χ0) is 9.31. The van der Waals surface area contributed by atoms with Gasteiger partial charge in [-0.2, -0.15) is 0 Å². The SMILES string of the molecule is O=[P@@](I)(Oc1ccccc1)C1CC1. The van der Waals surface area contributed by atoms with Gasteiger partial charge in [-0.3, -0.25) is 4.57 Å². The van der Waals surface area contributed by atoms with E-state index in [1.807, 2.05) is 52.4 Å². The molecule has 0 aromatic heterocycles. The van der Waals surface area contributed by atoms with Gasteiger partial charge < -0.3 is 4.52 Å². The maximum absolute atomic E-state index is 11.9. The van der Waals surface area contributed by atoms with Crippen LogP contribution in [-0.4, -0.2) is 5.66 Å². The van der Waals surface area contributed by atoms with E-state index in [1.165, 1.54) is 0 Å². The summed E-state index contributed by atoms with van der Waals surface area (Å²) in [6.07, 6.45) is 2.10. The van der Waals surface area contributed by atoms with Gasteiger partial charge in [0.1, 0.15) is 5.75 Å². The minimum Gasteiger partial charge on any atom is -0.436 e. The fourth-order valence-corrected chi connectivity index (χ4v) is 4.76. The average Bonchev–Trinajstić information content (AvgIpc) is 2.87. The molecule has 1 fully saturated rings. The van der Waals surface area contributed by atoms with Gasteiger partial charge in [-0.15, -0.1) is 0 Å². The molecule has 0 radical (unpaired) electrons. The van der Waals surface area contributed by atoms with Crippen LogP contribution >= 0.6 is 27.1 Å². The molecular formula is C9H10IO2P. The second kappa shape index (κ2) is 3.62. The highest BCUT2D eigenvalue weighted by atomic mass is 127. The molecule has 0 unspecified atom stereocenters. The van der Waals surface area contributed by atoms with Gasteiger partial charge in [0.25, 0.3) is 0 Å². The van der Waals surface area contributed by atoms with Crippen LogP contribution in [0.4, 0.5) is 0 Å². The lowest BCUT2D eigenvalue weighted by molar-refractivity contribution is 0.501. The maximum atomic E-state index is 11.9. The Morgan fingerprint density at radius 3 is 2.46 bits per heavy atom. The third-order valence-corrected chi connectivity index (χ3v) is 6.76. The molecule has 1 aromatic carbocycles. The van der Waals surface area contributed by atoms with Gasteiger partial charge >= 0.3 is 5.01 Å². The molecule has 1 saturated carbocycles. The van der Waals surface area contributed by atoms with Crippen molar-refractivity contribution in [3.8, 4) is 5.75 Å². The molecule has 0 heterocycles. The number of halogens is 1. The van der Waals surface area contributed by atoms with Crippen LogP contribution in [0, 0.1) is 0 Å². The summed E-state index contributed by atoms with van der Waals surface area (Å²) in [5.74, 6) is 0.715. The van der Waals surface area contributed by atoms with E-state index in [-0.39, 0.29) is 0 Å². The summed E-state index contributed by atoms with van der Waals surface area (Å²) < 4.78 is 17.4. The zero-order valence-corrected chi connectivity index (χ0v) is 10.1. The molecule has 70 valence electrons. The highest BCUT2D eigenvalue weighted by Gasteiger charge is 2.41. The summed E-state index contributed by atoms with van der Waals surface area (Å²) >= 11 is 1.97. The summed E-state index contributed by atoms with van der Waals surface area (Å²) in [6, 6.07) is 9.38. The number of rotatable bonds is 3. The van der Waals surface area contributed by atoms with Crippen molar-refractivity contribution in [3.63, 3.8) is 0 Å². The van der Waals surface area contributed by atoms with Crippen molar-refractivity contribution in [2.45, 2.75) is 18.5 Å². The van der Waals surface area contributed by atoms with Crippen molar-refractivity contribution >= 4 is 27.1 Å². The van der Waals surface area contributed by atoms with Crippen LogP contribution in [0.3, 0.4) is 0 Å². The minimum atomic E-state index is -2.41. The normalized spacial score (nSPS) is 20.7. The van der Waals surface area contributed by atoms with Gasteiger partial charge in [-0.05, 0) is 25.0 Å². The Hall–Kier alpha value is -0.0200. The molecule has 0 spiro atoms. The largest absolute Gasteiger partial charge is 0.436 e. The van der Waals surface area contributed by atoms with Crippen molar-refractivity contribution in [1.82, 2.24) is 0 Å². The number of benzene rings is 1. The molecule has 2 rings (SSSR count). The fraction of sp³-hybridized carbons (Fsp3) is 0.333. The van der Waals surface area contributed by atoms with E-state index in [2.05, 4.69) is 0 Å². The van der Waals surface area contributed by atoms with E-state index in [9.17, 15) is 4.57 Å². The Morgan fingerprint density at radius 2 is 1.92 bits per heavy atom. The second-order valence-corrected chi connectivity index (χ2v) is 9.15. The van der Waals surface area contributed by atoms with E-state index in [1.54, 1.807) is 0 Å². The van der Waals surface area contributed by atoms with Crippen LogP contribution < -0.4 is 4.52 Å². The second-order valence-electron chi connectivity index (χ2n) is 3.16. The van der Waals surface area contributed by atoms with E-state index >= 15 is 0 Å². The zero-order valence-electron chi connectivity index (χ0n) is 7.02. The third kappa shape index (κ3) is 2.47. The van der Waals surface area contributed by atoms with Crippen molar-refractivity contribution in [2.24, 2.45) is 0 Å². The van der Waals surface area contributed by atoms with Crippen LogP contribution in [0.15, 0.2) is 30.3 Å². The van der Waals surface area contributed by atoms with Gasteiger partial charge in [-0.25, -0.2) is 0 Å². The fourth-order valence-electron chi connectivity index (χ4n) is 1.08. The van der Waals surface area contributed by atoms with Gasteiger partial charge in [0.05, 0.1) is 5.66 Å². The van der Waals surface area contributed by atoms with Crippen LogP contribution in [0.5, 0.6) is 5.75 Å². The first kappa shape index (κ1) is 9.53. The summed E-state index contributed by atoms with van der Waals surface area (Å²) in [4.78, 5) is 0. The molecule has 13 heavy (non-hydrogen) atoms. The molecule has 0 saturated heterocycles. The van der Waals surface area contributed by atoms with Gasteiger partial charge in [0, 0.05) is 22.0 Å². The van der Waals surface area contributed by atoms with Crippen LogP contribution in [0.1, 0.15) is 12.8 Å². The van der Waals surface area contributed by atoms with Crippen molar-refractivity contribution in [3.05, 3.63) is 30.3 Å². The first-order valence-corrected chi connectivity index (χ1v) is 8.70. The average molecular weight is 308 g/mol. The molecule has 0 aliphatic heterocycles. The van der Waals surface area contributed by atoms with Gasteiger partial charge in [0.2, 0.25) is 0 Å². The lowest BCUT2D eigenvalue weighted by atomic mass is 10.3. The molecule has 1 aliphatic carbocycles. The maximum Gasteiger partial charge on any atom is 0.307 e. The smallest absolute Gasteiger partial charge is 0.307 e. The quantitative estimate of drug-likeness (QED) is 0.626. The molecule has 0 N–H and O–H groups in total. The molecule has 1 aromatic rings. The first-order valence-electron chi connectivity index (χ1n) is 4.22. The molecule has 0 bridgehead atoms.